The Morgan fingerprint density at radius 1 is 1.58 bits per heavy atom. The first-order valence-corrected chi connectivity index (χ1v) is 5.73. The Morgan fingerprint density at radius 3 is 2.75 bits per heavy atom. The average Bonchev–Trinajstić information content (AvgIpc) is 2.50. The molecule has 0 bridgehead atoms. The Bertz CT molecular complexity index is 170. The molecule has 0 radical (unpaired) electrons. The minimum Gasteiger partial charge on any atom is -0.290 e. The molecule has 1 aliphatic rings. The van der Waals surface area contributed by atoms with Crippen LogP contribution in [0.25, 0.3) is 0 Å². The van der Waals surface area contributed by atoms with E-state index in [-0.39, 0.29) is 6.04 Å². The van der Waals surface area contributed by atoms with Gasteiger partial charge < -0.3 is 0 Å². The predicted molar refractivity (Wildman–Crippen MR) is 53.4 cm³/mol. The molecule has 0 spiro atoms. The van der Waals surface area contributed by atoms with Crippen molar-refractivity contribution in [3.8, 4) is 0 Å². The lowest BCUT2D eigenvalue weighted by molar-refractivity contribution is -0.115. The summed E-state index contributed by atoms with van der Waals surface area (Å²) in [4.78, 5) is 13.8. The van der Waals surface area contributed by atoms with Gasteiger partial charge in [-0.2, -0.15) is 0 Å². The maximum Gasteiger partial charge on any atom is 0.205 e. The molecule has 12 heavy (non-hydrogen) atoms. The minimum absolute atomic E-state index is 0.194. The lowest BCUT2D eigenvalue weighted by Gasteiger charge is -2.26. The zero-order valence-electron chi connectivity index (χ0n) is 8.04. The molecule has 1 heterocycles. The molecule has 1 atom stereocenters. The highest BCUT2D eigenvalue weighted by Crippen LogP contribution is 2.23. The lowest BCUT2D eigenvalue weighted by Crippen LogP contribution is -2.39. The van der Waals surface area contributed by atoms with Crippen molar-refractivity contribution in [1.29, 1.82) is 0 Å². The Balaban J connectivity index is 2.57. The highest BCUT2D eigenvalue weighted by atomic mass is 32.2. The first-order chi connectivity index (χ1) is 5.66. The van der Waals surface area contributed by atoms with Crippen LogP contribution in [0, 0.1) is 0 Å². The molecule has 0 aromatic heterocycles. The van der Waals surface area contributed by atoms with E-state index in [1.807, 2.05) is 6.26 Å². The first-order valence-electron chi connectivity index (χ1n) is 4.50. The van der Waals surface area contributed by atoms with Crippen LogP contribution in [0.5, 0.6) is 0 Å². The largest absolute Gasteiger partial charge is 0.290 e. The summed E-state index contributed by atoms with van der Waals surface area (Å²) in [5.41, 5.74) is 0. The van der Waals surface area contributed by atoms with Crippen molar-refractivity contribution in [3.05, 3.63) is 0 Å². The van der Waals surface area contributed by atoms with Crippen LogP contribution in [-0.4, -0.2) is 34.9 Å². The Hall–Kier alpha value is -0.0200. The molecule has 2 nitrogen and oxygen atoms in total. The van der Waals surface area contributed by atoms with Crippen molar-refractivity contribution in [2.45, 2.75) is 38.8 Å². The van der Waals surface area contributed by atoms with E-state index in [1.54, 1.807) is 0 Å². The second kappa shape index (κ2) is 4.28. The SMILES string of the molecule is CSC(=O)C1CCCN1C(C)C. The normalized spacial score (nSPS) is 25.2. The number of likely N-dealkylation sites (tertiary alicyclic amines) is 1. The van der Waals surface area contributed by atoms with Crippen LogP contribution in [0.1, 0.15) is 26.7 Å². The zero-order valence-corrected chi connectivity index (χ0v) is 8.86. The Kier molecular flexibility index (Phi) is 3.59. The summed E-state index contributed by atoms with van der Waals surface area (Å²) >= 11 is 1.36. The van der Waals surface area contributed by atoms with E-state index in [4.69, 9.17) is 0 Å². The van der Waals surface area contributed by atoms with Crippen LogP contribution >= 0.6 is 11.8 Å². The standard InChI is InChI=1S/C9H17NOS/c1-7(2)10-6-4-5-8(10)9(11)12-3/h7-8H,4-6H2,1-3H3. The fraction of sp³-hybridized carbons (Fsp3) is 0.889. The van der Waals surface area contributed by atoms with Crippen molar-refractivity contribution in [2.75, 3.05) is 12.8 Å². The van der Waals surface area contributed by atoms with E-state index >= 15 is 0 Å². The zero-order chi connectivity index (χ0) is 9.14. The quantitative estimate of drug-likeness (QED) is 0.657. The molecule has 0 saturated carbocycles. The first kappa shape index (κ1) is 10.1. The monoisotopic (exact) mass is 187 g/mol. The molecule has 1 rings (SSSR count). The maximum atomic E-state index is 11.5. The number of nitrogens with zero attached hydrogens (tertiary/aromatic N) is 1. The van der Waals surface area contributed by atoms with Crippen LogP contribution in [-0.2, 0) is 4.79 Å². The molecule has 1 unspecified atom stereocenters. The summed E-state index contributed by atoms with van der Waals surface area (Å²) < 4.78 is 0. The molecule has 1 fully saturated rings. The van der Waals surface area contributed by atoms with E-state index in [2.05, 4.69) is 18.7 Å². The van der Waals surface area contributed by atoms with Gasteiger partial charge in [0.15, 0.2) is 0 Å². The van der Waals surface area contributed by atoms with Gasteiger partial charge in [-0.3, -0.25) is 9.69 Å². The van der Waals surface area contributed by atoms with Gasteiger partial charge >= 0.3 is 0 Å². The Labute approximate surface area is 78.7 Å². The number of hydrogen-bond donors (Lipinski definition) is 0. The third-order valence-corrected chi connectivity index (χ3v) is 3.11. The molecule has 0 aromatic rings. The number of rotatable bonds is 2. The topological polar surface area (TPSA) is 20.3 Å². The molecule has 3 heteroatoms. The third-order valence-electron chi connectivity index (χ3n) is 2.43. The van der Waals surface area contributed by atoms with Gasteiger partial charge in [-0.1, -0.05) is 11.8 Å². The van der Waals surface area contributed by atoms with Gasteiger partial charge in [-0.05, 0) is 39.5 Å². The fourth-order valence-corrected chi connectivity index (χ4v) is 2.32. The van der Waals surface area contributed by atoms with Gasteiger partial charge in [0, 0.05) is 6.04 Å². The van der Waals surface area contributed by atoms with Gasteiger partial charge in [0.25, 0.3) is 0 Å². The molecular weight excluding hydrogens is 170 g/mol. The summed E-state index contributed by atoms with van der Waals surface area (Å²) in [6.45, 7) is 5.41. The second-order valence-electron chi connectivity index (χ2n) is 3.51. The highest BCUT2D eigenvalue weighted by molar-refractivity contribution is 8.13. The molecule has 0 N–H and O–H groups in total. The van der Waals surface area contributed by atoms with E-state index in [1.165, 1.54) is 18.2 Å². The average molecular weight is 187 g/mol. The summed E-state index contributed by atoms with van der Waals surface area (Å²) in [6.07, 6.45) is 4.10. The number of carbonyl (C=O) groups excluding carboxylic acids is 1. The second-order valence-corrected chi connectivity index (χ2v) is 4.32. The van der Waals surface area contributed by atoms with Crippen molar-refractivity contribution in [1.82, 2.24) is 4.90 Å². The van der Waals surface area contributed by atoms with Crippen LogP contribution in [0.15, 0.2) is 0 Å². The van der Waals surface area contributed by atoms with Gasteiger partial charge in [-0.25, -0.2) is 0 Å². The van der Waals surface area contributed by atoms with Crippen LogP contribution in [0.4, 0.5) is 0 Å². The van der Waals surface area contributed by atoms with Gasteiger partial charge in [0.05, 0.1) is 6.04 Å². The van der Waals surface area contributed by atoms with Crippen LogP contribution in [0.2, 0.25) is 0 Å². The molecular formula is C9H17NOS. The maximum absolute atomic E-state index is 11.5. The number of thioether (sulfide) groups is 1. The van der Waals surface area contributed by atoms with Crippen LogP contribution < -0.4 is 0 Å². The summed E-state index contributed by atoms with van der Waals surface area (Å²) in [5.74, 6) is 0. The Morgan fingerprint density at radius 2 is 2.25 bits per heavy atom. The molecule has 70 valence electrons. The number of hydrogen-bond acceptors (Lipinski definition) is 3. The van der Waals surface area contributed by atoms with Gasteiger partial charge in [0.1, 0.15) is 0 Å². The molecule has 0 aliphatic carbocycles. The molecule has 0 amide bonds. The van der Waals surface area contributed by atoms with E-state index in [9.17, 15) is 4.79 Å². The summed E-state index contributed by atoms with van der Waals surface area (Å²) in [7, 11) is 0. The van der Waals surface area contributed by atoms with Crippen molar-refractivity contribution in [2.24, 2.45) is 0 Å². The minimum atomic E-state index is 0.194. The molecule has 0 aromatic carbocycles. The highest BCUT2D eigenvalue weighted by Gasteiger charge is 2.31. The smallest absolute Gasteiger partial charge is 0.205 e. The van der Waals surface area contributed by atoms with Gasteiger partial charge in [0.2, 0.25) is 5.12 Å². The van der Waals surface area contributed by atoms with Gasteiger partial charge in [-0.15, -0.1) is 0 Å². The molecule has 1 saturated heterocycles. The number of carbonyl (C=O) groups is 1. The van der Waals surface area contributed by atoms with Crippen molar-refractivity contribution >= 4 is 16.9 Å². The third kappa shape index (κ3) is 2.02. The summed E-state index contributed by atoms with van der Waals surface area (Å²) in [5, 5.41) is 0.334. The van der Waals surface area contributed by atoms with E-state index < -0.39 is 0 Å². The predicted octanol–water partition coefficient (Wildman–Crippen LogP) is 1.75. The van der Waals surface area contributed by atoms with E-state index in [0.29, 0.717) is 11.2 Å². The van der Waals surface area contributed by atoms with Crippen molar-refractivity contribution in [3.63, 3.8) is 0 Å². The summed E-state index contributed by atoms with van der Waals surface area (Å²) in [6, 6.07) is 0.702. The lowest BCUT2D eigenvalue weighted by atomic mass is 10.2. The molecule has 1 aliphatic heterocycles. The van der Waals surface area contributed by atoms with E-state index in [0.717, 1.165) is 13.0 Å². The van der Waals surface area contributed by atoms with Crippen molar-refractivity contribution < 1.29 is 4.79 Å². The van der Waals surface area contributed by atoms with Crippen LogP contribution in [0.3, 0.4) is 0 Å². The fourth-order valence-electron chi connectivity index (χ4n) is 1.80.